The van der Waals surface area contributed by atoms with Crippen LogP contribution in [0.2, 0.25) is 0 Å². The van der Waals surface area contributed by atoms with Crippen LogP contribution in [0.3, 0.4) is 0 Å². The van der Waals surface area contributed by atoms with E-state index in [1.54, 1.807) is 36.3 Å². The molecule has 0 saturated carbocycles. The molecule has 46 heavy (non-hydrogen) atoms. The number of rotatable bonds is 14. The highest BCUT2D eigenvalue weighted by molar-refractivity contribution is 7.89. The van der Waals surface area contributed by atoms with Gasteiger partial charge in [-0.15, -0.1) is 0 Å². The fourth-order valence-electron chi connectivity index (χ4n) is 5.73. The molecule has 9 heteroatoms. The quantitative estimate of drug-likeness (QED) is 0.196. The number of carbonyl (C=O) groups excluding carboxylic acids is 2. The molecular weight excluding hydrogens is 598 g/mol. The standard InChI is InChI=1S/C37H41N3O5S/c1-45-33-19-14-30(15-20-33)24-25-38-37(42)36(32-12-6-3-7-13-32)40(28-31-10-4-2-5-11-31)35(41)23-18-29-16-21-34(22-17-29)46(43,44)39-26-8-9-27-39/h2-7,10-17,19-22,36H,8-9,18,23-28H2,1H3,(H,38,42)/t36-/m0/s1. The Morgan fingerprint density at radius 3 is 2.00 bits per heavy atom. The van der Waals surface area contributed by atoms with Crippen LogP contribution in [0.5, 0.6) is 5.75 Å². The lowest BCUT2D eigenvalue weighted by molar-refractivity contribution is -0.141. The van der Waals surface area contributed by atoms with Crippen LogP contribution in [0, 0.1) is 0 Å². The molecule has 5 rings (SSSR count). The van der Waals surface area contributed by atoms with Crippen molar-refractivity contribution in [2.75, 3.05) is 26.7 Å². The molecule has 1 atom stereocenters. The lowest BCUT2D eigenvalue weighted by Crippen LogP contribution is -2.44. The van der Waals surface area contributed by atoms with Crippen LogP contribution >= 0.6 is 0 Å². The summed E-state index contributed by atoms with van der Waals surface area (Å²) in [6, 6.07) is 32.7. The summed E-state index contributed by atoms with van der Waals surface area (Å²) in [5.41, 5.74) is 3.56. The van der Waals surface area contributed by atoms with Gasteiger partial charge in [-0.3, -0.25) is 9.59 Å². The molecular formula is C37H41N3O5S. The van der Waals surface area contributed by atoms with Gasteiger partial charge in [-0.05, 0) is 72.2 Å². The number of sulfonamides is 1. The van der Waals surface area contributed by atoms with Crippen LogP contribution in [-0.4, -0.2) is 56.2 Å². The molecule has 1 saturated heterocycles. The molecule has 0 bridgehead atoms. The van der Waals surface area contributed by atoms with Crippen molar-refractivity contribution in [2.24, 2.45) is 0 Å². The molecule has 4 aromatic rings. The number of methoxy groups -OCH3 is 1. The van der Waals surface area contributed by atoms with Crippen molar-refractivity contribution in [1.82, 2.24) is 14.5 Å². The van der Waals surface area contributed by atoms with E-state index in [0.29, 0.717) is 32.5 Å². The number of ether oxygens (including phenoxy) is 1. The highest BCUT2D eigenvalue weighted by Crippen LogP contribution is 2.26. The first-order chi connectivity index (χ1) is 22.3. The summed E-state index contributed by atoms with van der Waals surface area (Å²) in [6.45, 7) is 1.77. The maximum Gasteiger partial charge on any atom is 0.247 e. The molecule has 1 heterocycles. The molecule has 1 fully saturated rings. The molecule has 240 valence electrons. The van der Waals surface area contributed by atoms with Crippen molar-refractivity contribution >= 4 is 21.8 Å². The lowest BCUT2D eigenvalue weighted by Gasteiger charge is -2.32. The number of aryl methyl sites for hydroxylation is 1. The Hall–Kier alpha value is -4.47. The Kier molecular flexibility index (Phi) is 11.2. The molecule has 0 unspecified atom stereocenters. The first kappa shape index (κ1) is 32.9. The summed E-state index contributed by atoms with van der Waals surface area (Å²) in [5, 5.41) is 3.07. The van der Waals surface area contributed by atoms with E-state index in [1.165, 1.54) is 4.31 Å². The molecule has 4 aromatic carbocycles. The van der Waals surface area contributed by atoms with Gasteiger partial charge in [0, 0.05) is 32.6 Å². The zero-order valence-corrected chi connectivity index (χ0v) is 27.0. The van der Waals surface area contributed by atoms with Crippen molar-refractivity contribution in [2.45, 2.75) is 49.6 Å². The lowest BCUT2D eigenvalue weighted by atomic mass is 10.0. The molecule has 1 N–H and O–H groups in total. The molecule has 1 aliphatic heterocycles. The molecule has 0 aliphatic carbocycles. The van der Waals surface area contributed by atoms with Crippen molar-refractivity contribution in [1.29, 1.82) is 0 Å². The van der Waals surface area contributed by atoms with Crippen LogP contribution in [0.1, 0.15) is 47.6 Å². The summed E-state index contributed by atoms with van der Waals surface area (Å²) in [5.74, 6) is 0.354. The largest absolute Gasteiger partial charge is 0.497 e. The van der Waals surface area contributed by atoms with Gasteiger partial charge in [-0.25, -0.2) is 8.42 Å². The van der Waals surface area contributed by atoms with Crippen LogP contribution in [0.15, 0.2) is 114 Å². The number of carbonyl (C=O) groups is 2. The van der Waals surface area contributed by atoms with Gasteiger partial charge in [0.05, 0.1) is 12.0 Å². The van der Waals surface area contributed by atoms with Gasteiger partial charge < -0.3 is 15.0 Å². The molecule has 0 aromatic heterocycles. The number of hydrogen-bond donors (Lipinski definition) is 1. The first-order valence-electron chi connectivity index (χ1n) is 15.7. The van der Waals surface area contributed by atoms with Gasteiger partial charge in [0.1, 0.15) is 11.8 Å². The third-order valence-electron chi connectivity index (χ3n) is 8.32. The summed E-state index contributed by atoms with van der Waals surface area (Å²) in [6.07, 6.45) is 2.96. The SMILES string of the molecule is COc1ccc(CCNC(=O)[C@H](c2ccccc2)N(Cc2ccccc2)C(=O)CCc2ccc(S(=O)(=O)N3CCCC3)cc2)cc1. The zero-order valence-electron chi connectivity index (χ0n) is 26.2. The van der Waals surface area contributed by atoms with Gasteiger partial charge in [0.15, 0.2) is 0 Å². The van der Waals surface area contributed by atoms with E-state index in [-0.39, 0.29) is 29.7 Å². The monoisotopic (exact) mass is 639 g/mol. The Morgan fingerprint density at radius 1 is 0.783 bits per heavy atom. The van der Waals surface area contributed by atoms with Gasteiger partial charge in [0.25, 0.3) is 0 Å². The third kappa shape index (κ3) is 8.41. The summed E-state index contributed by atoms with van der Waals surface area (Å²) in [7, 11) is -1.88. The second kappa shape index (κ2) is 15.7. The van der Waals surface area contributed by atoms with Gasteiger partial charge >= 0.3 is 0 Å². The fraction of sp³-hybridized carbons (Fsp3) is 0.297. The van der Waals surface area contributed by atoms with E-state index in [2.05, 4.69) is 5.32 Å². The Balaban J connectivity index is 1.32. The summed E-state index contributed by atoms with van der Waals surface area (Å²) < 4.78 is 32.7. The number of nitrogens with one attached hydrogen (secondary N) is 1. The second-order valence-electron chi connectivity index (χ2n) is 11.5. The second-order valence-corrected chi connectivity index (χ2v) is 13.4. The minimum absolute atomic E-state index is 0.160. The van der Waals surface area contributed by atoms with E-state index >= 15 is 0 Å². The van der Waals surface area contributed by atoms with Crippen molar-refractivity contribution in [3.05, 3.63) is 131 Å². The topological polar surface area (TPSA) is 96.0 Å². The van der Waals surface area contributed by atoms with E-state index in [9.17, 15) is 18.0 Å². The number of nitrogens with zero attached hydrogens (tertiary/aromatic N) is 2. The average Bonchev–Trinajstić information content (AvgIpc) is 3.65. The van der Waals surface area contributed by atoms with Crippen molar-refractivity contribution < 1.29 is 22.7 Å². The van der Waals surface area contributed by atoms with Crippen LogP contribution in [0.25, 0.3) is 0 Å². The molecule has 0 spiro atoms. The highest BCUT2D eigenvalue weighted by atomic mass is 32.2. The van der Waals surface area contributed by atoms with E-state index in [0.717, 1.165) is 40.8 Å². The maximum absolute atomic E-state index is 14.0. The van der Waals surface area contributed by atoms with E-state index in [1.807, 2.05) is 84.9 Å². The predicted molar refractivity (Wildman–Crippen MR) is 179 cm³/mol. The fourth-order valence-corrected chi connectivity index (χ4v) is 7.25. The smallest absolute Gasteiger partial charge is 0.247 e. The van der Waals surface area contributed by atoms with Gasteiger partial charge in [0.2, 0.25) is 21.8 Å². The molecule has 8 nitrogen and oxygen atoms in total. The van der Waals surface area contributed by atoms with E-state index in [4.69, 9.17) is 4.74 Å². The zero-order chi connectivity index (χ0) is 32.4. The molecule has 1 aliphatic rings. The molecule has 2 amide bonds. The van der Waals surface area contributed by atoms with Crippen molar-refractivity contribution in [3.63, 3.8) is 0 Å². The van der Waals surface area contributed by atoms with E-state index < -0.39 is 16.1 Å². The van der Waals surface area contributed by atoms with Gasteiger partial charge in [-0.1, -0.05) is 84.9 Å². The predicted octanol–water partition coefficient (Wildman–Crippen LogP) is 5.54. The van der Waals surface area contributed by atoms with Crippen LogP contribution in [-0.2, 0) is 39.0 Å². The maximum atomic E-state index is 14.0. The molecule has 0 radical (unpaired) electrons. The Labute approximate surface area is 272 Å². The summed E-state index contributed by atoms with van der Waals surface area (Å²) >= 11 is 0. The summed E-state index contributed by atoms with van der Waals surface area (Å²) in [4.78, 5) is 29.8. The average molecular weight is 640 g/mol. The number of amides is 2. The Bertz CT molecular complexity index is 1670. The normalized spacial score (nSPS) is 14.0. The Morgan fingerprint density at radius 2 is 1.37 bits per heavy atom. The van der Waals surface area contributed by atoms with Gasteiger partial charge in [-0.2, -0.15) is 4.31 Å². The number of benzene rings is 4. The van der Waals surface area contributed by atoms with Crippen molar-refractivity contribution in [3.8, 4) is 5.75 Å². The minimum atomic E-state index is -3.51. The third-order valence-corrected chi connectivity index (χ3v) is 10.2. The minimum Gasteiger partial charge on any atom is -0.497 e. The highest BCUT2D eigenvalue weighted by Gasteiger charge is 2.31. The first-order valence-corrected chi connectivity index (χ1v) is 17.2. The van der Waals surface area contributed by atoms with Crippen LogP contribution < -0.4 is 10.1 Å². The number of hydrogen-bond acceptors (Lipinski definition) is 5. The van der Waals surface area contributed by atoms with Crippen LogP contribution in [0.4, 0.5) is 0 Å².